The molecule has 1 fully saturated rings. The molecule has 2 N–H and O–H groups in total. The van der Waals surface area contributed by atoms with Crippen molar-refractivity contribution in [3.8, 4) is 17.1 Å². The predicted molar refractivity (Wildman–Crippen MR) is 128 cm³/mol. The standard InChI is InChI=1S/C25H29N7O/c1-17(2)22-16-29-32-23(22)30-25(33-20-9-6-12-27-15-20)31-24(32)28-14-19-7-3-4-10-21(19)18-8-5-11-26-13-18/h3-5,7-8,10-11,13,16-17,20,27H,6,9,12,14-15H2,1-2H3,(H,28,30,31). The topological polar surface area (TPSA) is 89.3 Å². The number of fused-ring (bicyclic) bond motifs is 1. The zero-order valence-corrected chi connectivity index (χ0v) is 19.0. The van der Waals surface area contributed by atoms with E-state index in [-0.39, 0.29) is 6.10 Å². The summed E-state index contributed by atoms with van der Waals surface area (Å²) in [7, 11) is 0. The van der Waals surface area contributed by atoms with Crippen molar-refractivity contribution >= 4 is 11.6 Å². The number of benzene rings is 1. The number of hydrogen-bond donors (Lipinski definition) is 2. The van der Waals surface area contributed by atoms with E-state index in [1.54, 1.807) is 10.7 Å². The van der Waals surface area contributed by atoms with Gasteiger partial charge in [-0.25, -0.2) is 0 Å². The molecule has 8 heteroatoms. The van der Waals surface area contributed by atoms with Crippen LogP contribution in [0.5, 0.6) is 6.01 Å². The van der Waals surface area contributed by atoms with Crippen LogP contribution in [0.4, 0.5) is 5.95 Å². The largest absolute Gasteiger partial charge is 0.459 e. The first kappa shape index (κ1) is 21.3. The smallest absolute Gasteiger partial charge is 0.322 e. The Labute approximate surface area is 193 Å². The van der Waals surface area contributed by atoms with Gasteiger partial charge in [-0.2, -0.15) is 19.6 Å². The van der Waals surface area contributed by atoms with Gasteiger partial charge in [0.1, 0.15) is 6.10 Å². The molecule has 0 radical (unpaired) electrons. The van der Waals surface area contributed by atoms with Gasteiger partial charge in [0.25, 0.3) is 0 Å². The molecule has 0 saturated carbocycles. The van der Waals surface area contributed by atoms with Gasteiger partial charge in [0, 0.05) is 36.6 Å². The normalized spacial score (nSPS) is 16.3. The molecule has 1 saturated heterocycles. The maximum Gasteiger partial charge on any atom is 0.322 e. The number of nitrogens with zero attached hydrogens (tertiary/aromatic N) is 5. The molecule has 4 heterocycles. The Bertz CT molecular complexity index is 1220. The number of piperidine rings is 1. The maximum atomic E-state index is 6.18. The minimum Gasteiger partial charge on any atom is -0.459 e. The Hall–Kier alpha value is -3.52. The van der Waals surface area contributed by atoms with Crippen molar-refractivity contribution in [2.24, 2.45) is 0 Å². The molecule has 1 aliphatic heterocycles. The van der Waals surface area contributed by atoms with Crippen LogP contribution in [0.3, 0.4) is 0 Å². The van der Waals surface area contributed by atoms with Gasteiger partial charge in [-0.05, 0) is 42.5 Å². The van der Waals surface area contributed by atoms with E-state index in [4.69, 9.17) is 14.7 Å². The van der Waals surface area contributed by atoms with Gasteiger partial charge in [-0.3, -0.25) is 4.98 Å². The minimum atomic E-state index is 0.0748. The Morgan fingerprint density at radius 3 is 2.85 bits per heavy atom. The van der Waals surface area contributed by atoms with Crippen molar-refractivity contribution < 1.29 is 4.74 Å². The van der Waals surface area contributed by atoms with E-state index in [0.29, 0.717) is 24.4 Å². The highest BCUT2D eigenvalue weighted by molar-refractivity contribution is 5.66. The summed E-state index contributed by atoms with van der Waals surface area (Å²) >= 11 is 0. The number of hydrogen-bond acceptors (Lipinski definition) is 7. The number of nitrogens with one attached hydrogen (secondary N) is 2. The molecule has 5 rings (SSSR count). The Morgan fingerprint density at radius 2 is 2.06 bits per heavy atom. The lowest BCUT2D eigenvalue weighted by Crippen LogP contribution is -2.37. The van der Waals surface area contributed by atoms with Gasteiger partial charge < -0.3 is 15.4 Å². The molecule has 8 nitrogen and oxygen atoms in total. The SMILES string of the molecule is CC(C)c1cnn2c(NCc3ccccc3-c3cccnc3)nc(OC3CCCNC3)nc12. The number of rotatable bonds is 7. The second-order valence-electron chi connectivity index (χ2n) is 8.66. The fourth-order valence-corrected chi connectivity index (χ4v) is 4.17. The van der Waals surface area contributed by atoms with Crippen LogP contribution in [0, 0.1) is 0 Å². The summed E-state index contributed by atoms with van der Waals surface area (Å²) in [4.78, 5) is 13.7. The fourth-order valence-electron chi connectivity index (χ4n) is 4.17. The van der Waals surface area contributed by atoms with Crippen molar-refractivity contribution in [1.82, 2.24) is 29.9 Å². The first-order valence-corrected chi connectivity index (χ1v) is 11.5. The summed E-state index contributed by atoms with van der Waals surface area (Å²) < 4.78 is 7.95. The van der Waals surface area contributed by atoms with Gasteiger partial charge in [-0.1, -0.05) is 44.2 Å². The van der Waals surface area contributed by atoms with E-state index in [0.717, 1.165) is 53.8 Å². The Balaban J connectivity index is 1.46. The molecule has 3 aromatic heterocycles. The third-order valence-electron chi connectivity index (χ3n) is 5.95. The van der Waals surface area contributed by atoms with Crippen LogP contribution in [-0.4, -0.2) is 43.8 Å². The van der Waals surface area contributed by atoms with Crippen LogP contribution in [0.1, 0.15) is 43.7 Å². The lowest BCUT2D eigenvalue weighted by atomic mass is 10.0. The summed E-state index contributed by atoms with van der Waals surface area (Å²) in [5, 5.41) is 11.4. The molecular weight excluding hydrogens is 414 g/mol. The zero-order valence-electron chi connectivity index (χ0n) is 19.0. The first-order chi connectivity index (χ1) is 16.2. The van der Waals surface area contributed by atoms with Crippen LogP contribution in [0.15, 0.2) is 55.0 Å². The van der Waals surface area contributed by atoms with E-state index in [1.165, 1.54) is 0 Å². The van der Waals surface area contributed by atoms with Gasteiger partial charge in [0.2, 0.25) is 5.95 Å². The summed E-state index contributed by atoms with van der Waals surface area (Å²) in [6.45, 7) is 6.71. The van der Waals surface area contributed by atoms with Crippen LogP contribution < -0.4 is 15.4 Å². The van der Waals surface area contributed by atoms with Crippen molar-refractivity contribution in [2.75, 3.05) is 18.4 Å². The fraction of sp³-hybridized carbons (Fsp3) is 0.360. The number of anilines is 1. The summed E-state index contributed by atoms with van der Waals surface area (Å²) in [6, 6.07) is 12.7. The van der Waals surface area contributed by atoms with Crippen molar-refractivity contribution in [3.63, 3.8) is 0 Å². The average molecular weight is 444 g/mol. The highest BCUT2D eigenvalue weighted by atomic mass is 16.5. The molecule has 0 spiro atoms. The number of aromatic nitrogens is 5. The molecule has 1 aromatic carbocycles. The lowest BCUT2D eigenvalue weighted by Gasteiger charge is -2.23. The van der Waals surface area contributed by atoms with Crippen LogP contribution in [0.2, 0.25) is 0 Å². The van der Waals surface area contributed by atoms with Crippen molar-refractivity contribution in [2.45, 2.75) is 45.3 Å². The number of ether oxygens (including phenoxy) is 1. The van der Waals surface area contributed by atoms with Gasteiger partial charge in [0.05, 0.1) is 6.20 Å². The van der Waals surface area contributed by atoms with Gasteiger partial charge in [0.15, 0.2) is 5.65 Å². The minimum absolute atomic E-state index is 0.0748. The second kappa shape index (κ2) is 9.54. The molecule has 1 unspecified atom stereocenters. The summed E-state index contributed by atoms with van der Waals surface area (Å²) in [6.07, 6.45) is 7.70. The third-order valence-corrected chi connectivity index (χ3v) is 5.95. The van der Waals surface area contributed by atoms with E-state index in [1.807, 2.05) is 30.6 Å². The predicted octanol–water partition coefficient (Wildman–Crippen LogP) is 4.05. The average Bonchev–Trinajstić information content (AvgIpc) is 3.28. The molecule has 33 heavy (non-hydrogen) atoms. The number of pyridine rings is 1. The third kappa shape index (κ3) is 4.66. The first-order valence-electron chi connectivity index (χ1n) is 11.5. The van der Waals surface area contributed by atoms with Crippen LogP contribution in [-0.2, 0) is 6.54 Å². The van der Waals surface area contributed by atoms with Crippen LogP contribution in [0.25, 0.3) is 16.8 Å². The molecule has 170 valence electrons. The molecule has 0 amide bonds. The second-order valence-corrected chi connectivity index (χ2v) is 8.66. The van der Waals surface area contributed by atoms with Crippen LogP contribution >= 0.6 is 0 Å². The zero-order chi connectivity index (χ0) is 22.6. The van der Waals surface area contributed by atoms with E-state index >= 15 is 0 Å². The van der Waals surface area contributed by atoms with E-state index < -0.39 is 0 Å². The quantitative estimate of drug-likeness (QED) is 0.445. The Kier molecular flexibility index (Phi) is 6.17. The highest BCUT2D eigenvalue weighted by Crippen LogP contribution is 2.26. The molecule has 0 bridgehead atoms. The van der Waals surface area contributed by atoms with Gasteiger partial charge >= 0.3 is 6.01 Å². The molecule has 4 aromatic rings. The van der Waals surface area contributed by atoms with E-state index in [9.17, 15) is 0 Å². The summed E-state index contributed by atoms with van der Waals surface area (Å²) in [5.41, 5.74) is 5.21. The van der Waals surface area contributed by atoms with Crippen molar-refractivity contribution in [3.05, 3.63) is 66.1 Å². The maximum absolute atomic E-state index is 6.18. The molecule has 1 aliphatic rings. The Morgan fingerprint density at radius 1 is 1.15 bits per heavy atom. The molecule has 0 aliphatic carbocycles. The highest BCUT2D eigenvalue weighted by Gasteiger charge is 2.20. The monoisotopic (exact) mass is 443 g/mol. The van der Waals surface area contributed by atoms with Crippen molar-refractivity contribution in [1.29, 1.82) is 0 Å². The summed E-state index contributed by atoms with van der Waals surface area (Å²) in [5.74, 6) is 0.910. The van der Waals surface area contributed by atoms with Gasteiger partial charge in [-0.15, -0.1) is 0 Å². The lowest BCUT2D eigenvalue weighted by molar-refractivity contribution is 0.153. The molecule has 1 atom stereocenters. The molecular formula is C25H29N7O. The van der Waals surface area contributed by atoms with E-state index in [2.05, 4.69) is 52.8 Å².